The van der Waals surface area contributed by atoms with Gasteiger partial charge in [-0.1, -0.05) is 12.1 Å². The van der Waals surface area contributed by atoms with Crippen molar-refractivity contribution in [2.75, 3.05) is 42.5 Å². The van der Waals surface area contributed by atoms with Gasteiger partial charge in [0, 0.05) is 51.5 Å². The van der Waals surface area contributed by atoms with Crippen molar-refractivity contribution in [3.05, 3.63) is 52.4 Å². The average Bonchev–Trinajstić information content (AvgIpc) is 3.20. The summed E-state index contributed by atoms with van der Waals surface area (Å²) >= 11 is 0. The van der Waals surface area contributed by atoms with E-state index in [9.17, 15) is 9.59 Å². The van der Waals surface area contributed by atoms with Crippen molar-refractivity contribution >= 4 is 17.3 Å². The molecule has 2 heterocycles. The van der Waals surface area contributed by atoms with Crippen LogP contribution in [0.3, 0.4) is 0 Å². The fraction of sp³-hybridized carbons (Fsp3) is 0.500. The number of nitrogens with one attached hydrogen (secondary N) is 1. The topological polar surface area (TPSA) is 70.5 Å². The number of carbonyl (C=O) groups is 1. The number of benzene rings is 1. The van der Waals surface area contributed by atoms with Crippen LogP contribution in [0.25, 0.3) is 0 Å². The number of amides is 1. The summed E-state index contributed by atoms with van der Waals surface area (Å²) in [5, 5.41) is 7.15. The molecule has 3 rings (SSSR count). The highest BCUT2D eigenvalue weighted by atomic mass is 16.2. The van der Waals surface area contributed by atoms with Crippen LogP contribution in [0.2, 0.25) is 0 Å². The van der Waals surface area contributed by atoms with Gasteiger partial charge in [0.1, 0.15) is 0 Å². The third-order valence-corrected chi connectivity index (χ3v) is 5.53. The number of hydrogen-bond donors (Lipinski definition) is 1. The van der Waals surface area contributed by atoms with Gasteiger partial charge < -0.3 is 15.1 Å². The smallest absolute Gasteiger partial charge is 0.268 e. The predicted molar refractivity (Wildman–Crippen MR) is 116 cm³/mol. The van der Waals surface area contributed by atoms with Crippen LogP contribution in [0.5, 0.6) is 0 Å². The third-order valence-electron chi connectivity index (χ3n) is 5.53. The van der Waals surface area contributed by atoms with E-state index in [0.29, 0.717) is 13.1 Å². The van der Waals surface area contributed by atoms with Crippen LogP contribution in [-0.2, 0) is 11.8 Å². The Labute approximate surface area is 172 Å². The minimum absolute atomic E-state index is 0.0434. The first-order valence-electron chi connectivity index (χ1n) is 10.4. The fourth-order valence-corrected chi connectivity index (χ4v) is 3.76. The zero-order valence-electron chi connectivity index (χ0n) is 17.6. The Morgan fingerprint density at radius 2 is 2.17 bits per heavy atom. The predicted octanol–water partition coefficient (Wildman–Crippen LogP) is 1.95. The monoisotopic (exact) mass is 397 g/mol. The van der Waals surface area contributed by atoms with Crippen molar-refractivity contribution < 1.29 is 4.79 Å². The Kier molecular flexibility index (Phi) is 6.90. The van der Waals surface area contributed by atoms with E-state index in [0.717, 1.165) is 38.2 Å². The molecule has 1 fully saturated rings. The van der Waals surface area contributed by atoms with Crippen LogP contribution in [0.1, 0.15) is 25.3 Å². The van der Waals surface area contributed by atoms with E-state index in [2.05, 4.69) is 58.3 Å². The molecule has 1 saturated heterocycles. The number of nitrogens with zero attached hydrogens (tertiary/aromatic N) is 4. The Balaban J connectivity index is 1.44. The van der Waals surface area contributed by atoms with Gasteiger partial charge in [-0.15, -0.1) is 0 Å². The molecule has 1 aromatic carbocycles. The molecule has 156 valence electrons. The van der Waals surface area contributed by atoms with Gasteiger partial charge in [0.2, 0.25) is 5.91 Å². The van der Waals surface area contributed by atoms with E-state index in [1.165, 1.54) is 15.9 Å². The van der Waals surface area contributed by atoms with Crippen LogP contribution in [0, 0.1) is 12.8 Å². The normalized spacial score (nSPS) is 16.1. The first-order chi connectivity index (χ1) is 14.0. The molecular formula is C22H31N5O2. The van der Waals surface area contributed by atoms with Crippen molar-refractivity contribution in [2.45, 2.75) is 26.7 Å². The number of carbonyl (C=O) groups excluding carboxylic acids is 1. The Morgan fingerprint density at radius 1 is 1.34 bits per heavy atom. The molecule has 29 heavy (non-hydrogen) atoms. The first kappa shape index (κ1) is 20.9. The zero-order valence-corrected chi connectivity index (χ0v) is 17.6. The fourth-order valence-electron chi connectivity index (χ4n) is 3.76. The summed E-state index contributed by atoms with van der Waals surface area (Å²) in [6, 6.07) is 10.1. The molecule has 1 aromatic heterocycles. The van der Waals surface area contributed by atoms with Crippen molar-refractivity contribution in [1.29, 1.82) is 0 Å². The van der Waals surface area contributed by atoms with Gasteiger partial charge in [-0.05, 0) is 44.4 Å². The minimum Gasteiger partial charge on any atom is -0.372 e. The number of hydrogen-bond acceptors (Lipinski definition) is 5. The van der Waals surface area contributed by atoms with Crippen LogP contribution in [0.15, 0.2) is 41.3 Å². The molecular weight excluding hydrogens is 366 g/mol. The van der Waals surface area contributed by atoms with Crippen LogP contribution in [-0.4, -0.2) is 48.4 Å². The maximum Gasteiger partial charge on any atom is 0.268 e. The third kappa shape index (κ3) is 5.37. The Morgan fingerprint density at radius 3 is 2.90 bits per heavy atom. The van der Waals surface area contributed by atoms with Crippen molar-refractivity contribution in [1.82, 2.24) is 15.1 Å². The SMILES string of the molecule is CCN(CCCNC(=O)C1CCN(c2cnn(C)c(=O)c2)C1)c1cccc(C)c1. The molecule has 1 aliphatic heterocycles. The molecule has 1 atom stereocenters. The van der Waals surface area contributed by atoms with Crippen LogP contribution >= 0.6 is 0 Å². The highest BCUT2D eigenvalue weighted by Gasteiger charge is 2.28. The second-order valence-corrected chi connectivity index (χ2v) is 7.67. The molecule has 1 aliphatic rings. The van der Waals surface area contributed by atoms with Gasteiger partial charge >= 0.3 is 0 Å². The molecule has 7 heteroatoms. The van der Waals surface area contributed by atoms with Gasteiger partial charge in [-0.3, -0.25) is 9.59 Å². The lowest BCUT2D eigenvalue weighted by Gasteiger charge is -2.23. The number of anilines is 2. The van der Waals surface area contributed by atoms with E-state index < -0.39 is 0 Å². The summed E-state index contributed by atoms with van der Waals surface area (Å²) < 4.78 is 1.31. The lowest BCUT2D eigenvalue weighted by molar-refractivity contribution is -0.124. The Hall–Kier alpha value is -2.83. The van der Waals surface area contributed by atoms with Gasteiger partial charge in [-0.2, -0.15) is 5.10 Å². The second kappa shape index (κ2) is 9.58. The standard InChI is InChI=1S/C22H31N5O2/c1-4-26(19-8-5-7-17(2)13-19)11-6-10-23-22(29)18-9-12-27(16-18)20-14-21(28)25(3)24-15-20/h5,7-8,13-15,18H,4,6,9-12,16H2,1-3H3,(H,23,29). The van der Waals surface area contributed by atoms with Gasteiger partial charge in [-0.25, -0.2) is 4.68 Å². The van der Waals surface area contributed by atoms with Gasteiger partial charge in [0.25, 0.3) is 5.56 Å². The Bertz CT molecular complexity index is 895. The van der Waals surface area contributed by atoms with E-state index in [1.807, 2.05) is 0 Å². The molecule has 0 saturated carbocycles. The van der Waals surface area contributed by atoms with E-state index in [4.69, 9.17) is 0 Å². The summed E-state index contributed by atoms with van der Waals surface area (Å²) in [6.45, 7) is 8.18. The van der Waals surface area contributed by atoms with E-state index in [-0.39, 0.29) is 17.4 Å². The molecule has 1 amide bonds. The lowest BCUT2D eigenvalue weighted by Crippen LogP contribution is -2.35. The quantitative estimate of drug-likeness (QED) is 0.690. The van der Waals surface area contributed by atoms with Crippen molar-refractivity contribution in [2.24, 2.45) is 13.0 Å². The van der Waals surface area contributed by atoms with Gasteiger partial charge in [0.15, 0.2) is 0 Å². The molecule has 0 aliphatic carbocycles. The first-order valence-corrected chi connectivity index (χ1v) is 10.4. The highest BCUT2D eigenvalue weighted by Crippen LogP contribution is 2.22. The summed E-state index contributed by atoms with van der Waals surface area (Å²) in [7, 11) is 1.63. The summed E-state index contributed by atoms with van der Waals surface area (Å²) in [5.74, 6) is 0.0565. The minimum atomic E-state index is -0.135. The van der Waals surface area contributed by atoms with Gasteiger partial charge in [0.05, 0.1) is 17.8 Å². The number of aromatic nitrogens is 2. The molecule has 7 nitrogen and oxygen atoms in total. The van der Waals surface area contributed by atoms with Crippen LogP contribution < -0.4 is 20.7 Å². The maximum atomic E-state index is 12.5. The van der Waals surface area contributed by atoms with E-state index >= 15 is 0 Å². The molecule has 0 spiro atoms. The van der Waals surface area contributed by atoms with Crippen LogP contribution in [0.4, 0.5) is 11.4 Å². The lowest BCUT2D eigenvalue weighted by atomic mass is 10.1. The highest BCUT2D eigenvalue weighted by molar-refractivity contribution is 5.80. The van der Waals surface area contributed by atoms with Crippen molar-refractivity contribution in [3.63, 3.8) is 0 Å². The molecule has 1 N–H and O–H groups in total. The summed E-state index contributed by atoms with van der Waals surface area (Å²) in [6.07, 6.45) is 3.39. The van der Waals surface area contributed by atoms with Crippen molar-refractivity contribution in [3.8, 4) is 0 Å². The zero-order chi connectivity index (χ0) is 20.8. The average molecular weight is 398 g/mol. The molecule has 0 radical (unpaired) electrons. The maximum absolute atomic E-state index is 12.5. The largest absolute Gasteiger partial charge is 0.372 e. The van der Waals surface area contributed by atoms with E-state index in [1.54, 1.807) is 19.3 Å². The number of aryl methyl sites for hydroxylation is 2. The molecule has 1 unspecified atom stereocenters. The number of rotatable bonds is 8. The summed E-state index contributed by atoms with van der Waals surface area (Å²) in [5.41, 5.74) is 3.14. The molecule has 2 aromatic rings. The second-order valence-electron chi connectivity index (χ2n) is 7.67. The molecule has 0 bridgehead atoms. The summed E-state index contributed by atoms with van der Waals surface area (Å²) in [4.78, 5) is 28.7.